The van der Waals surface area contributed by atoms with Gasteiger partial charge in [-0.2, -0.15) is 5.10 Å². The van der Waals surface area contributed by atoms with Crippen molar-refractivity contribution in [3.8, 4) is 0 Å². The molecule has 0 bridgehead atoms. The number of ether oxygens (including phenoxy) is 1. The van der Waals surface area contributed by atoms with Crippen LogP contribution in [0.4, 0.5) is 0 Å². The van der Waals surface area contributed by atoms with E-state index in [2.05, 4.69) is 37.4 Å². The van der Waals surface area contributed by atoms with Crippen molar-refractivity contribution in [3.05, 3.63) is 18.0 Å². The van der Waals surface area contributed by atoms with Gasteiger partial charge in [0.05, 0.1) is 18.3 Å². The first-order chi connectivity index (χ1) is 7.63. The predicted octanol–water partition coefficient (Wildman–Crippen LogP) is 1.83. The van der Waals surface area contributed by atoms with Crippen molar-refractivity contribution in [1.29, 1.82) is 0 Å². The van der Waals surface area contributed by atoms with Crippen molar-refractivity contribution >= 4 is 0 Å². The number of aryl methyl sites for hydroxylation is 1. The van der Waals surface area contributed by atoms with Crippen molar-refractivity contribution in [2.75, 3.05) is 14.2 Å². The number of likely N-dealkylation sites (N-methyl/N-ethyl adjacent to an activating group) is 1. The molecule has 1 rings (SSSR count). The average Bonchev–Trinajstić information content (AvgIpc) is 2.73. The van der Waals surface area contributed by atoms with Crippen LogP contribution in [-0.4, -0.2) is 30.0 Å². The van der Waals surface area contributed by atoms with Crippen LogP contribution in [-0.2, 0) is 11.3 Å². The molecule has 0 aliphatic carbocycles. The van der Waals surface area contributed by atoms with E-state index in [1.54, 1.807) is 7.11 Å². The first-order valence-electron chi connectivity index (χ1n) is 5.86. The standard InChI is InChI=1S/C12H23N3O/c1-6-15-8-10(7-14-15)11(13-4)12(16-5)9(2)3/h7-9,11-13H,6H2,1-5H3. The minimum atomic E-state index is 0.166. The van der Waals surface area contributed by atoms with Crippen molar-refractivity contribution in [3.63, 3.8) is 0 Å². The zero-order valence-electron chi connectivity index (χ0n) is 10.9. The van der Waals surface area contributed by atoms with Crippen molar-refractivity contribution in [1.82, 2.24) is 15.1 Å². The number of nitrogens with one attached hydrogen (secondary N) is 1. The summed E-state index contributed by atoms with van der Waals surface area (Å²) in [5.41, 5.74) is 1.19. The Morgan fingerprint density at radius 2 is 2.19 bits per heavy atom. The number of rotatable bonds is 6. The summed E-state index contributed by atoms with van der Waals surface area (Å²) in [7, 11) is 3.72. The molecule has 1 N–H and O–H groups in total. The molecule has 1 aromatic heterocycles. The second kappa shape index (κ2) is 6.01. The normalized spacial score (nSPS) is 15.4. The van der Waals surface area contributed by atoms with E-state index in [1.807, 2.05) is 17.9 Å². The van der Waals surface area contributed by atoms with Gasteiger partial charge >= 0.3 is 0 Å². The Bertz CT molecular complexity index is 309. The molecular weight excluding hydrogens is 202 g/mol. The van der Waals surface area contributed by atoms with E-state index in [0.29, 0.717) is 5.92 Å². The number of methoxy groups -OCH3 is 1. The highest BCUT2D eigenvalue weighted by atomic mass is 16.5. The highest BCUT2D eigenvalue weighted by molar-refractivity contribution is 5.12. The lowest BCUT2D eigenvalue weighted by molar-refractivity contribution is 0.0348. The summed E-state index contributed by atoms with van der Waals surface area (Å²) in [4.78, 5) is 0. The number of aromatic nitrogens is 2. The first kappa shape index (κ1) is 13.2. The van der Waals surface area contributed by atoms with E-state index in [0.717, 1.165) is 6.54 Å². The molecule has 2 atom stereocenters. The topological polar surface area (TPSA) is 39.1 Å². The van der Waals surface area contributed by atoms with E-state index in [-0.39, 0.29) is 12.1 Å². The van der Waals surface area contributed by atoms with Gasteiger partial charge in [-0.1, -0.05) is 13.8 Å². The number of hydrogen-bond acceptors (Lipinski definition) is 3. The van der Waals surface area contributed by atoms with E-state index >= 15 is 0 Å². The molecule has 0 aromatic carbocycles. The maximum Gasteiger partial charge on any atom is 0.0789 e. The van der Waals surface area contributed by atoms with Crippen LogP contribution in [0.15, 0.2) is 12.4 Å². The van der Waals surface area contributed by atoms with Crippen LogP contribution >= 0.6 is 0 Å². The van der Waals surface area contributed by atoms with Crippen LogP contribution in [0, 0.1) is 5.92 Å². The number of hydrogen-bond donors (Lipinski definition) is 1. The van der Waals surface area contributed by atoms with Gasteiger partial charge in [0.15, 0.2) is 0 Å². The van der Waals surface area contributed by atoms with Crippen LogP contribution < -0.4 is 5.32 Å². The highest BCUT2D eigenvalue weighted by Crippen LogP contribution is 2.23. The molecule has 0 fully saturated rings. The van der Waals surface area contributed by atoms with E-state index in [1.165, 1.54) is 5.56 Å². The minimum Gasteiger partial charge on any atom is -0.379 e. The number of nitrogens with zero attached hydrogens (tertiary/aromatic N) is 2. The minimum absolute atomic E-state index is 0.166. The molecule has 92 valence electrons. The lowest BCUT2D eigenvalue weighted by atomic mass is 9.95. The summed E-state index contributed by atoms with van der Waals surface area (Å²) in [6.07, 6.45) is 4.16. The predicted molar refractivity (Wildman–Crippen MR) is 65.3 cm³/mol. The van der Waals surface area contributed by atoms with Crippen LogP contribution in [0.5, 0.6) is 0 Å². The molecule has 0 radical (unpaired) electrons. The lowest BCUT2D eigenvalue weighted by Crippen LogP contribution is -2.34. The van der Waals surface area contributed by atoms with Gasteiger partial charge < -0.3 is 10.1 Å². The quantitative estimate of drug-likeness (QED) is 0.803. The summed E-state index contributed by atoms with van der Waals surface area (Å²) in [6, 6.07) is 0.199. The third kappa shape index (κ3) is 2.83. The second-order valence-corrected chi connectivity index (χ2v) is 4.34. The summed E-state index contributed by atoms with van der Waals surface area (Å²) < 4.78 is 7.50. The monoisotopic (exact) mass is 225 g/mol. The van der Waals surface area contributed by atoms with Crippen molar-refractivity contribution < 1.29 is 4.74 Å². The van der Waals surface area contributed by atoms with Gasteiger partial charge in [-0.25, -0.2) is 0 Å². The van der Waals surface area contributed by atoms with Crippen LogP contribution in [0.1, 0.15) is 32.4 Å². The molecule has 0 spiro atoms. The smallest absolute Gasteiger partial charge is 0.0789 e. The van der Waals surface area contributed by atoms with Gasteiger partial charge in [-0.3, -0.25) is 4.68 Å². The third-order valence-electron chi connectivity index (χ3n) is 2.91. The SMILES string of the molecule is CCn1cc(C(NC)C(OC)C(C)C)cn1. The fourth-order valence-electron chi connectivity index (χ4n) is 2.03. The Balaban J connectivity index is 2.87. The summed E-state index contributed by atoms with van der Waals surface area (Å²) >= 11 is 0. The van der Waals surface area contributed by atoms with Crippen LogP contribution in [0.25, 0.3) is 0 Å². The fraction of sp³-hybridized carbons (Fsp3) is 0.750. The molecule has 4 nitrogen and oxygen atoms in total. The van der Waals surface area contributed by atoms with Crippen LogP contribution in [0.3, 0.4) is 0 Å². The average molecular weight is 225 g/mol. The van der Waals surface area contributed by atoms with Gasteiger partial charge in [0.25, 0.3) is 0 Å². The van der Waals surface area contributed by atoms with Gasteiger partial charge in [0.2, 0.25) is 0 Å². The zero-order valence-corrected chi connectivity index (χ0v) is 10.9. The highest BCUT2D eigenvalue weighted by Gasteiger charge is 2.25. The van der Waals surface area contributed by atoms with Crippen molar-refractivity contribution in [2.45, 2.75) is 39.5 Å². The van der Waals surface area contributed by atoms with Gasteiger partial charge in [-0.05, 0) is 19.9 Å². The molecule has 0 saturated heterocycles. The zero-order chi connectivity index (χ0) is 12.1. The molecule has 0 saturated carbocycles. The van der Waals surface area contributed by atoms with Gasteiger partial charge in [0.1, 0.15) is 0 Å². The molecule has 1 aromatic rings. The fourth-order valence-corrected chi connectivity index (χ4v) is 2.03. The molecule has 2 unspecified atom stereocenters. The second-order valence-electron chi connectivity index (χ2n) is 4.34. The molecule has 4 heteroatoms. The third-order valence-corrected chi connectivity index (χ3v) is 2.91. The van der Waals surface area contributed by atoms with Gasteiger partial charge in [-0.15, -0.1) is 0 Å². The summed E-state index contributed by atoms with van der Waals surface area (Å²) in [6.45, 7) is 7.32. The molecule has 0 amide bonds. The molecule has 16 heavy (non-hydrogen) atoms. The maximum atomic E-state index is 5.56. The van der Waals surface area contributed by atoms with Crippen molar-refractivity contribution in [2.24, 2.45) is 5.92 Å². The molecule has 0 aliphatic heterocycles. The Hall–Kier alpha value is -0.870. The lowest BCUT2D eigenvalue weighted by Gasteiger charge is -2.28. The van der Waals surface area contributed by atoms with Crippen LogP contribution in [0.2, 0.25) is 0 Å². The van der Waals surface area contributed by atoms with E-state index in [4.69, 9.17) is 4.74 Å². The Labute approximate surface area is 98.0 Å². The van der Waals surface area contributed by atoms with E-state index in [9.17, 15) is 0 Å². The maximum absolute atomic E-state index is 5.56. The Morgan fingerprint density at radius 3 is 2.56 bits per heavy atom. The summed E-state index contributed by atoms with van der Waals surface area (Å²) in [5.74, 6) is 0.465. The molecule has 1 heterocycles. The Kier molecular flexibility index (Phi) is 4.96. The summed E-state index contributed by atoms with van der Waals surface area (Å²) in [5, 5.41) is 7.61. The Morgan fingerprint density at radius 1 is 1.50 bits per heavy atom. The first-order valence-corrected chi connectivity index (χ1v) is 5.86. The molecular formula is C12H23N3O. The largest absolute Gasteiger partial charge is 0.379 e. The van der Waals surface area contributed by atoms with E-state index < -0.39 is 0 Å². The molecule has 0 aliphatic rings. The van der Waals surface area contributed by atoms with Gasteiger partial charge in [0, 0.05) is 25.4 Å².